The summed E-state index contributed by atoms with van der Waals surface area (Å²) in [7, 11) is -4.03. The van der Waals surface area contributed by atoms with Crippen molar-refractivity contribution in [3.05, 3.63) is 54.0 Å². The lowest BCUT2D eigenvalue weighted by atomic mass is 10.0. The van der Waals surface area contributed by atoms with Crippen LogP contribution in [-0.2, 0) is 20.9 Å². The lowest BCUT2D eigenvalue weighted by Crippen LogP contribution is -2.24. The number of anilines is 1. The Labute approximate surface area is 186 Å². The predicted octanol–water partition coefficient (Wildman–Crippen LogP) is 2.11. The zero-order valence-electron chi connectivity index (χ0n) is 17.6. The molecule has 1 fully saturated rings. The molecule has 0 spiro atoms. The van der Waals surface area contributed by atoms with Gasteiger partial charge < -0.3 is 15.0 Å². The van der Waals surface area contributed by atoms with Gasteiger partial charge in [-0.05, 0) is 42.9 Å². The molecule has 3 aromatic rings. The molecule has 0 saturated heterocycles. The van der Waals surface area contributed by atoms with Gasteiger partial charge in [-0.2, -0.15) is 8.42 Å². The van der Waals surface area contributed by atoms with Gasteiger partial charge in [-0.1, -0.05) is 24.3 Å². The molecule has 2 aliphatic rings. The maximum Gasteiger partial charge on any atom is 0.333 e. The minimum absolute atomic E-state index is 0.0129. The normalized spacial score (nSPS) is 25.3. The Morgan fingerprint density at radius 2 is 2.06 bits per heavy atom. The van der Waals surface area contributed by atoms with Crippen molar-refractivity contribution in [3.63, 3.8) is 0 Å². The summed E-state index contributed by atoms with van der Waals surface area (Å²) in [6, 6.07) is 10.6. The van der Waals surface area contributed by atoms with Crippen molar-refractivity contribution in [2.45, 2.75) is 43.7 Å². The molecule has 0 amide bonds. The van der Waals surface area contributed by atoms with Crippen LogP contribution in [0.2, 0.25) is 0 Å². The first kappa shape index (κ1) is 21.3. The SMILES string of the molecule is NS(=O)(=O)OC[C@@H]1C[C@@H](n2ccc3c(NC[C@H]4CCc5ccccc54)ncnc32)C[C@@H]1O. The molecule has 5 rings (SSSR count). The van der Waals surface area contributed by atoms with Crippen LogP contribution in [0.5, 0.6) is 0 Å². The number of hydrogen-bond donors (Lipinski definition) is 3. The summed E-state index contributed by atoms with van der Waals surface area (Å²) in [5.74, 6) is 0.950. The third kappa shape index (κ3) is 4.23. The van der Waals surface area contributed by atoms with E-state index >= 15 is 0 Å². The number of aliphatic hydroxyl groups excluding tert-OH is 1. The Kier molecular flexibility index (Phi) is 5.62. The predicted molar refractivity (Wildman–Crippen MR) is 120 cm³/mol. The summed E-state index contributed by atoms with van der Waals surface area (Å²) in [4.78, 5) is 8.95. The Hall–Kier alpha value is -2.53. The Morgan fingerprint density at radius 1 is 1.22 bits per heavy atom. The second-order valence-corrected chi connectivity index (χ2v) is 9.95. The molecule has 1 saturated carbocycles. The van der Waals surface area contributed by atoms with E-state index in [4.69, 9.17) is 9.32 Å². The minimum Gasteiger partial charge on any atom is -0.393 e. The molecule has 32 heavy (non-hydrogen) atoms. The highest BCUT2D eigenvalue weighted by atomic mass is 32.2. The second-order valence-electron chi connectivity index (χ2n) is 8.73. The van der Waals surface area contributed by atoms with Gasteiger partial charge in [0.25, 0.3) is 0 Å². The number of aryl methyl sites for hydroxylation is 1. The van der Waals surface area contributed by atoms with Crippen LogP contribution < -0.4 is 10.5 Å². The van der Waals surface area contributed by atoms with Crippen molar-refractivity contribution >= 4 is 27.2 Å². The van der Waals surface area contributed by atoms with Gasteiger partial charge in [0.2, 0.25) is 0 Å². The van der Waals surface area contributed by atoms with Crippen LogP contribution in [0.3, 0.4) is 0 Å². The third-order valence-electron chi connectivity index (χ3n) is 6.75. The van der Waals surface area contributed by atoms with Crippen LogP contribution in [-0.4, -0.2) is 47.3 Å². The summed E-state index contributed by atoms with van der Waals surface area (Å²) < 4.78 is 28.9. The lowest BCUT2D eigenvalue weighted by Gasteiger charge is -2.15. The molecule has 4 atom stereocenters. The van der Waals surface area contributed by atoms with E-state index < -0.39 is 16.4 Å². The van der Waals surface area contributed by atoms with Gasteiger partial charge in [0.1, 0.15) is 17.8 Å². The minimum atomic E-state index is -4.03. The highest BCUT2D eigenvalue weighted by Gasteiger charge is 2.35. The van der Waals surface area contributed by atoms with Crippen molar-refractivity contribution in [2.75, 3.05) is 18.5 Å². The van der Waals surface area contributed by atoms with Crippen LogP contribution in [0.1, 0.15) is 42.3 Å². The summed E-state index contributed by atoms with van der Waals surface area (Å²) in [6.45, 7) is 0.684. The van der Waals surface area contributed by atoms with Crippen molar-refractivity contribution in [1.82, 2.24) is 14.5 Å². The van der Waals surface area contributed by atoms with E-state index in [1.54, 1.807) is 6.33 Å². The number of nitrogens with one attached hydrogen (secondary N) is 1. The number of nitrogens with two attached hydrogens (primary N) is 1. The summed E-state index contributed by atoms with van der Waals surface area (Å²) in [6.07, 6.45) is 6.15. The molecule has 170 valence electrons. The molecular weight excluding hydrogens is 430 g/mol. The van der Waals surface area contributed by atoms with Gasteiger partial charge in [0.15, 0.2) is 0 Å². The van der Waals surface area contributed by atoms with E-state index in [1.807, 2.05) is 16.8 Å². The summed E-state index contributed by atoms with van der Waals surface area (Å²) >= 11 is 0. The first-order chi connectivity index (χ1) is 15.4. The number of aromatic nitrogens is 3. The van der Waals surface area contributed by atoms with Crippen molar-refractivity contribution in [1.29, 1.82) is 0 Å². The van der Waals surface area contributed by atoms with Crippen LogP contribution in [0.15, 0.2) is 42.9 Å². The molecule has 4 N–H and O–H groups in total. The number of rotatable bonds is 7. The van der Waals surface area contributed by atoms with Crippen molar-refractivity contribution in [3.8, 4) is 0 Å². The van der Waals surface area contributed by atoms with E-state index in [9.17, 15) is 13.5 Å². The molecule has 0 bridgehead atoms. The second kappa shape index (κ2) is 8.43. The highest BCUT2D eigenvalue weighted by Crippen LogP contribution is 2.38. The monoisotopic (exact) mass is 457 g/mol. The van der Waals surface area contributed by atoms with Gasteiger partial charge in [-0.25, -0.2) is 15.1 Å². The molecule has 2 aromatic heterocycles. The average molecular weight is 458 g/mol. The van der Waals surface area contributed by atoms with Gasteiger partial charge >= 0.3 is 10.3 Å². The smallest absolute Gasteiger partial charge is 0.333 e. The summed E-state index contributed by atoms with van der Waals surface area (Å²) in [5, 5.41) is 19.8. The van der Waals surface area contributed by atoms with Gasteiger partial charge in [0.05, 0.1) is 18.1 Å². The highest BCUT2D eigenvalue weighted by molar-refractivity contribution is 7.84. The molecule has 0 radical (unpaired) electrons. The van der Waals surface area contributed by atoms with E-state index in [-0.39, 0.29) is 18.6 Å². The fourth-order valence-electron chi connectivity index (χ4n) is 5.15. The first-order valence-corrected chi connectivity index (χ1v) is 12.3. The quantitative estimate of drug-likeness (QED) is 0.495. The molecule has 2 heterocycles. The molecule has 2 aliphatic carbocycles. The van der Waals surface area contributed by atoms with Crippen molar-refractivity contribution < 1.29 is 17.7 Å². The number of benzene rings is 1. The maximum absolute atomic E-state index is 11.1. The third-order valence-corrected chi connectivity index (χ3v) is 7.22. The van der Waals surface area contributed by atoms with Crippen LogP contribution in [0.25, 0.3) is 11.0 Å². The standard InChI is InChI=1S/C22H27N5O4S/c23-32(29,30)31-12-16-9-17(10-20(16)28)27-8-7-19-21(25-13-26-22(19)27)24-11-15-6-5-14-3-1-2-4-18(14)15/h1-4,7-8,13,15-17,20,28H,5-6,9-12H2,(H2,23,29,30)(H,24,25,26)/t15-,16+,17-,20+/m1/s1. The zero-order chi connectivity index (χ0) is 22.3. The average Bonchev–Trinajstić information content (AvgIpc) is 3.47. The fraction of sp³-hybridized carbons (Fsp3) is 0.455. The van der Waals surface area contributed by atoms with Crippen LogP contribution in [0.4, 0.5) is 5.82 Å². The van der Waals surface area contributed by atoms with Crippen LogP contribution >= 0.6 is 0 Å². The molecule has 9 nitrogen and oxygen atoms in total. The Bertz CT molecular complexity index is 1230. The molecule has 0 aliphatic heterocycles. The maximum atomic E-state index is 11.1. The molecule has 1 aromatic carbocycles. The Balaban J connectivity index is 1.31. The van der Waals surface area contributed by atoms with Crippen LogP contribution in [0, 0.1) is 5.92 Å². The van der Waals surface area contributed by atoms with Gasteiger partial charge in [-0.15, -0.1) is 0 Å². The first-order valence-electron chi connectivity index (χ1n) is 10.9. The number of hydrogen-bond acceptors (Lipinski definition) is 7. The largest absolute Gasteiger partial charge is 0.393 e. The molecule has 10 heteroatoms. The number of fused-ring (bicyclic) bond motifs is 2. The van der Waals surface area contributed by atoms with Crippen molar-refractivity contribution in [2.24, 2.45) is 11.1 Å². The summed E-state index contributed by atoms with van der Waals surface area (Å²) in [5.41, 5.74) is 3.63. The van der Waals surface area contributed by atoms with E-state index in [0.29, 0.717) is 18.8 Å². The van der Waals surface area contributed by atoms with Gasteiger partial charge in [0, 0.05) is 30.6 Å². The van der Waals surface area contributed by atoms with E-state index in [2.05, 4.69) is 39.6 Å². The number of aliphatic hydroxyl groups is 1. The van der Waals surface area contributed by atoms with E-state index in [0.717, 1.165) is 36.2 Å². The lowest BCUT2D eigenvalue weighted by molar-refractivity contribution is 0.100. The fourth-order valence-corrected chi connectivity index (χ4v) is 5.51. The number of nitrogens with zero attached hydrogens (tertiary/aromatic N) is 3. The van der Waals surface area contributed by atoms with E-state index in [1.165, 1.54) is 11.1 Å². The topological polar surface area (TPSA) is 132 Å². The Morgan fingerprint density at radius 3 is 2.91 bits per heavy atom. The zero-order valence-corrected chi connectivity index (χ0v) is 18.4. The molecular formula is C22H27N5O4S. The van der Waals surface area contributed by atoms with Gasteiger partial charge in [-0.3, -0.25) is 4.18 Å². The molecule has 0 unspecified atom stereocenters.